The molecule has 1 unspecified atom stereocenters. The molecular weight excluding hydrogens is 402 g/mol. The third-order valence-corrected chi connectivity index (χ3v) is 6.26. The Morgan fingerprint density at radius 1 is 1.06 bits per heavy atom. The molecular formula is C26H25N3O3. The first-order valence-corrected chi connectivity index (χ1v) is 10.7. The Morgan fingerprint density at radius 3 is 2.69 bits per heavy atom. The number of nitrogens with zero attached hydrogens (tertiary/aromatic N) is 2. The fourth-order valence-electron chi connectivity index (χ4n) is 4.78. The molecule has 162 valence electrons. The van der Waals surface area contributed by atoms with Gasteiger partial charge in [-0.25, -0.2) is 0 Å². The van der Waals surface area contributed by atoms with Crippen LogP contribution in [0.5, 0.6) is 11.5 Å². The summed E-state index contributed by atoms with van der Waals surface area (Å²) in [5, 5.41) is 1.19. The number of H-pyrrole nitrogens is 1. The van der Waals surface area contributed by atoms with Crippen molar-refractivity contribution < 1.29 is 14.3 Å². The van der Waals surface area contributed by atoms with Crippen LogP contribution in [0.1, 0.15) is 38.9 Å². The quantitative estimate of drug-likeness (QED) is 0.514. The molecule has 1 atom stereocenters. The molecule has 1 N–H and O–H groups in total. The summed E-state index contributed by atoms with van der Waals surface area (Å²) in [6.45, 7) is 2.46. The second-order valence-electron chi connectivity index (χ2n) is 7.93. The molecule has 1 aliphatic heterocycles. The highest BCUT2D eigenvalue weighted by Gasteiger charge is 2.37. The molecule has 0 aliphatic carbocycles. The number of carbonyl (C=O) groups is 1. The molecule has 0 radical (unpaired) electrons. The lowest BCUT2D eigenvalue weighted by atomic mass is 9.91. The first kappa shape index (κ1) is 20.1. The third kappa shape index (κ3) is 3.11. The highest BCUT2D eigenvalue weighted by Crippen LogP contribution is 2.44. The van der Waals surface area contributed by atoms with Crippen LogP contribution in [-0.2, 0) is 6.42 Å². The third-order valence-electron chi connectivity index (χ3n) is 6.26. The summed E-state index contributed by atoms with van der Waals surface area (Å²) in [6.07, 6.45) is 2.48. The summed E-state index contributed by atoms with van der Waals surface area (Å²) in [6, 6.07) is 17.4. The number of aromatic amines is 1. The van der Waals surface area contributed by atoms with E-state index in [1.54, 1.807) is 26.5 Å². The van der Waals surface area contributed by atoms with Gasteiger partial charge in [-0.2, -0.15) is 0 Å². The molecule has 2 aromatic carbocycles. The fourth-order valence-corrected chi connectivity index (χ4v) is 4.78. The van der Waals surface area contributed by atoms with Gasteiger partial charge < -0.3 is 19.4 Å². The van der Waals surface area contributed by atoms with Gasteiger partial charge in [-0.05, 0) is 43.2 Å². The SMILES string of the molecule is COc1cccc(C2c3[nH]c4ccccc4c3CCN2C(=O)c2cccnc2C)c1OC. The van der Waals surface area contributed by atoms with Crippen molar-refractivity contribution in [2.24, 2.45) is 0 Å². The van der Waals surface area contributed by atoms with Crippen LogP contribution in [0, 0.1) is 6.92 Å². The highest BCUT2D eigenvalue weighted by molar-refractivity contribution is 5.96. The van der Waals surface area contributed by atoms with Crippen LogP contribution in [0.25, 0.3) is 10.9 Å². The van der Waals surface area contributed by atoms with Crippen LogP contribution < -0.4 is 9.47 Å². The summed E-state index contributed by atoms with van der Waals surface area (Å²) in [5.41, 5.74) is 5.53. The lowest BCUT2D eigenvalue weighted by Crippen LogP contribution is -2.41. The van der Waals surface area contributed by atoms with Gasteiger partial charge in [0.05, 0.1) is 19.8 Å². The number of aromatic nitrogens is 2. The first-order valence-electron chi connectivity index (χ1n) is 10.7. The standard InChI is InChI=1S/C26H25N3O3/c1-16-17(10-7-14-27-16)26(30)29-15-13-19-18-8-4-5-11-21(18)28-23(19)24(29)20-9-6-12-22(31-2)25(20)32-3/h4-12,14,24,28H,13,15H2,1-3H3. The van der Waals surface area contributed by atoms with Gasteiger partial charge in [0, 0.05) is 40.6 Å². The number of carbonyl (C=O) groups excluding carboxylic acids is 1. The zero-order chi connectivity index (χ0) is 22.2. The molecule has 4 aromatic rings. The number of benzene rings is 2. The normalized spacial score (nSPS) is 15.5. The summed E-state index contributed by atoms with van der Waals surface area (Å²) < 4.78 is 11.3. The average Bonchev–Trinajstić information content (AvgIpc) is 3.21. The lowest BCUT2D eigenvalue weighted by molar-refractivity contribution is 0.0688. The predicted molar refractivity (Wildman–Crippen MR) is 123 cm³/mol. The van der Waals surface area contributed by atoms with Crippen molar-refractivity contribution in [1.29, 1.82) is 0 Å². The summed E-state index contributed by atoms with van der Waals surface area (Å²) in [7, 11) is 3.26. The number of pyridine rings is 1. The number of aryl methyl sites for hydroxylation is 1. The largest absolute Gasteiger partial charge is 0.493 e. The van der Waals surface area contributed by atoms with Crippen molar-refractivity contribution in [1.82, 2.24) is 14.9 Å². The Balaban J connectivity index is 1.73. The second-order valence-corrected chi connectivity index (χ2v) is 7.93. The van der Waals surface area contributed by atoms with E-state index in [9.17, 15) is 4.79 Å². The van der Waals surface area contributed by atoms with E-state index >= 15 is 0 Å². The molecule has 0 spiro atoms. The van der Waals surface area contributed by atoms with Crippen molar-refractivity contribution in [3.05, 3.63) is 88.9 Å². The second kappa shape index (κ2) is 8.04. The molecule has 1 amide bonds. The van der Waals surface area contributed by atoms with Gasteiger partial charge in [0.25, 0.3) is 5.91 Å². The van der Waals surface area contributed by atoms with E-state index in [-0.39, 0.29) is 11.9 Å². The maximum atomic E-state index is 13.8. The number of rotatable bonds is 4. The van der Waals surface area contributed by atoms with Gasteiger partial charge >= 0.3 is 0 Å². The van der Waals surface area contributed by atoms with Gasteiger partial charge in [0.2, 0.25) is 0 Å². The summed E-state index contributed by atoms with van der Waals surface area (Å²) in [4.78, 5) is 23.6. The maximum Gasteiger partial charge on any atom is 0.256 e. The monoisotopic (exact) mass is 427 g/mol. The number of amides is 1. The minimum atomic E-state index is -0.344. The number of fused-ring (bicyclic) bond motifs is 3. The van der Waals surface area contributed by atoms with Crippen molar-refractivity contribution >= 4 is 16.8 Å². The fraction of sp³-hybridized carbons (Fsp3) is 0.231. The summed E-state index contributed by atoms with van der Waals surface area (Å²) >= 11 is 0. The highest BCUT2D eigenvalue weighted by atomic mass is 16.5. The molecule has 0 saturated heterocycles. The number of ether oxygens (including phenoxy) is 2. The minimum absolute atomic E-state index is 0.0465. The molecule has 0 fully saturated rings. The number of nitrogens with one attached hydrogen (secondary N) is 1. The van der Waals surface area contributed by atoms with Crippen LogP contribution in [0.2, 0.25) is 0 Å². The van der Waals surface area contributed by atoms with Gasteiger partial charge in [-0.3, -0.25) is 9.78 Å². The van der Waals surface area contributed by atoms with Crippen LogP contribution in [0.3, 0.4) is 0 Å². The lowest BCUT2D eigenvalue weighted by Gasteiger charge is -2.37. The van der Waals surface area contributed by atoms with Gasteiger partial charge in [0.1, 0.15) is 6.04 Å². The Hall–Kier alpha value is -3.80. The molecule has 6 heteroatoms. The molecule has 32 heavy (non-hydrogen) atoms. The molecule has 2 aromatic heterocycles. The number of hydrogen-bond donors (Lipinski definition) is 1. The van der Waals surface area contributed by atoms with E-state index in [1.807, 2.05) is 48.2 Å². The Kier molecular flexibility index (Phi) is 5.05. The smallest absolute Gasteiger partial charge is 0.256 e. The maximum absolute atomic E-state index is 13.8. The number of methoxy groups -OCH3 is 2. The Morgan fingerprint density at radius 2 is 1.91 bits per heavy atom. The van der Waals surface area contributed by atoms with Crippen LogP contribution in [0.4, 0.5) is 0 Å². The Bertz CT molecular complexity index is 1310. The van der Waals surface area contributed by atoms with Gasteiger partial charge in [-0.15, -0.1) is 0 Å². The van der Waals surface area contributed by atoms with Crippen LogP contribution in [-0.4, -0.2) is 41.5 Å². The molecule has 3 heterocycles. The first-order chi connectivity index (χ1) is 15.6. The van der Waals surface area contributed by atoms with E-state index in [1.165, 1.54) is 10.9 Å². The summed E-state index contributed by atoms with van der Waals surface area (Å²) in [5.74, 6) is 1.22. The predicted octanol–water partition coefficient (Wildman–Crippen LogP) is 4.68. The van der Waals surface area contributed by atoms with Crippen molar-refractivity contribution in [2.45, 2.75) is 19.4 Å². The van der Waals surface area contributed by atoms with E-state index in [2.05, 4.69) is 22.1 Å². The van der Waals surface area contributed by atoms with Gasteiger partial charge in [-0.1, -0.05) is 30.3 Å². The Labute approximate surface area is 186 Å². The average molecular weight is 428 g/mol. The molecule has 0 saturated carbocycles. The van der Waals surface area contributed by atoms with E-state index in [0.29, 0.717) is 23.6 Å². The van der Waals surface area contributed by atoms with E-state index in [0.717, 1.165) is 28.9 Å². The number of para-hydroxylation sites is 2. The zero-order valence-corrected chi connectivity index (χ0v) is 18.4. The minimum Gasteiger partial charge on any atom is -0.493 e. The van der Waals surface area contributed by atoms with Crippen LogP contribution in [0.15, 0.2) is 60.8 Å². The van der Waals surface area contributed by atoms with Crippen molar-refractivity contribution in [2.75, 3.05) is 20.8 Å². The topological polar surface area (TPSA) is 67.5 Å². The molecule has 0 bridgehead atoms. The molecule has 5 rings (SSSR count). The van der Waals surface area contributed by atoms with E-state index < -0.39 is 0 Å². The van der Waals surface area contributed by atoms with Crippen LogP contribution >= 0.6 is 0 Å². The van der Waals surface area contributed by atoms with E-state index in [4.69, 9.17) is 9.47 Å². The molecule has 6 nitrogen and oxygen atoms in total. The van der Waals surface area contributed by atoms with Gasteiger partial charge in [0.15, 0.2) is 11.5 Å². The van der Waals surface area contributed by atoms with Crippen molar-refractivity contribution in [3.8, 4) is 11.5 Å². The zero-order valence-electron chi connectivity index (χ0n) is 18.4. The molecule has 1 aliphatic rings. The van der Waals surface area contributed by atoms with Crippen molar-refractivity contribution in [3.63, 3.8) is 0 Å². The number of hydrogen-bond acceptors (Lipinski definition) is 4.